The van der Waals surface area contributed by atoms with Gasteiger partial charge in [0.15, 0.2) is 0 Å². The van der Waals surface area contributed by atoms with Gasteiger partial charge < -0.3 is 14.4 Å². The molecule has 0 aliphatic heterocycles. The molecule has 92 valence electrons. The zero-order valence-corrected chi connectivity index (χ0v) is 10.6. The number of anilines is 1. The zero-order valence-electron chi connectivity index (χ0n) is 10.6. The number of rotatable bonds is 4. The smallest absolute Gasteiger partial charge is 0.337 e. The van der Waals surface area contributed by atoms with Gasteiger partial charge in [-0.15, -0.1) is 0 Å². The number of ether oxygens (including phenoxy) is 1. The molecule has 4 heteroatoms. The Hall–Kier alpha value is -1.84. The van der Waals surface area contributed by atoms with Crippen molar-refractivity contribution in [3.8, 4) is 0 Å². The number of benzene rings is 1. The Morgan fingerprint density at radius 2 is 2.06 bits per heavy atom. The van der Waals surface area contributed by atoms with Crippen LogP contribution in [-0.4, -0.2) is 33.5 Å². The molecule has 0 heterocycles. The average Bonchev–Trinajstić information content (AvgIpc) is 2.35. The maximum Gasteiger partial charge on any atom is 0.337 e. The molecule has 1 rings (SSSR count). The molecule has 1 aromatic rings. The molecule has 0 radical (unpaired) electrons. The lowest BCUT2D eigenvalue weighted by molar-refractivity contribution is -0.108. The third kappa shape index (κ3) is 2.84. The Labute approximate surface area is 101 Å². The fraction of sp³-hybridized carbons (Fsp3) is 0.385. The number of esters is 1. The number of aldehydes is 1. The molecule has 0 aromatic heterocycles. The lowest BCUT2D eigenvalue weighted by atomic mass is 9.97. The molecule has 0 saturated carbocycles. The van der Waals surface area contributed by atoms with Crippen molar-refractivity contribution in [1.82, 2.24) is 0 Å². The van der Waals surface area contributed by atoms with Crippen LogP contribution in [0.5, 0.6) is 0 Å². The topological polar surface area (TPSA) is 46.6 Å². The molecule has 17 heavy (non-hydrogen) atoms. The van der Waals surface area contributed by atoms with Crippen molar-refractivity contribution < 1.29 is 14.3 Å². The quantitative estimate of drug-likeness (QED) is 0.590. The molecule has 4 nitrogen and oxygen atoms in total. The lowest BCUT2D eigenvalue weighted by Crippen LogP contribution is -2.14. The highest BCUT2D eigenvalue weighted by molar-refractivity contribution is 5.90. The second-order valence-corrected chi connectivity index (χ2v) is 4.08. The summed E-state index contributed by atoms with van der Waals surface area (Å²) in [6, 6.07) is 5.23. The highest BCUT2D eigenvalue weighted by Gasteiger charge is 2.15. The van der Waals surface area contributed by atoms with Gasteiger partial charge in [-0.3, -0.25) is 0 Å². The van der Waals surface area contributed by atoms with Gasteiger partial charge in [0.1, 0.15) is 6.29 Å². The van der Waals surface area contributed by atoms with E-state index < -0.39 is 5.97 Å². The average molecular weight is 235 g/mol. The number of hydrogen-bond donors (Lipinski definition) is 0. The predicted octanol–water partition coefficient (Wildman–Crippen LogP) is 1.84. The van der Waals surface area contributed by atoms with E-state index in [4.69, 9.17) is 0 Å². The molecule has 0 aliphatic rings. The number of methoxy groups -OCH3 is 1. The van der Waals surface area contributed by atoms with E-state index in [0.29, 0.717) is 5.56 Å². The largest absolute Gasteiger partial charge is 0.465 e. The molecular weight excluding hydrogens is 218 g/mol. The van der Waals surface area contributed by atoms with E-state index in [-0.39, 0.29) is 5.92 Å². The van der Waals surface area contributed by atoms with Crippen molar-refractivity contribution in [2.75, 3.05) is 26.1 Å². The number of hydrogen-bond acceptors (Lipinski definition) is 4. The fourth-order valence-corrected chi connectivity index (χ4v) is 1.64. The zero-order chi connectivity index (χ0) is 13.0. The van der Waals surface area contributed by atoms with Gasteiger partial charge in [-0.05, 0) is 23.8 Å². The third-order valence-electron chi connectivity index (χ3n) is 2.63. The van der Waals surface area contributed by atoms with Crippen LogP contribution in [0.15, 0.2) is 18.2 Å². The van der Waals surface area contributed by atoms with Crippen LogP contribution < -0.4 is 4.90 Å². The Balaban J connectivity index is 3.28. The lowest BCUT2D eigenvalue weighted by Gasteiger charge is -2.19. The maximum absolute atomic E-state index is 11.4. The summed E-state index contributed by atoms with van der Waals surface area (Å²) in [7, 11) is 5.13. The molecule has 1 atom stereocenters. The van der Waals surface area contributed by atoms with E-state index in [0.717, 1.165) is 17.5 Å². The Bertz CT molecular complexity index is 427. The summed E-state index contributed by atoms with van der Waals surface area (Å²) < 4.78 is 4.66. The van der Waals surface area contributed by atoms with Crippen LogP contribution in [0.2, 0.25) is 0 Å². The summed E-state index contributed by atoms with van der Waals surface area (Å²) >= 11 is 0. The van der Waals surface area contributed by atoms with E-state index in [2.05, 4.69) is 4.74 Å². The minimum Gasteiger partial charge on any atom is -0.465 e. The van der Waals surface area contributed by atoms with Crippen molar-refractivity contribution in [3.63, 3.8) is 0 Å². The first kappa shape index (κ1) is 13.2. The van der Waals surface area contributed by atoms with Crippen LogP contribution in [0, 0.1) is 0 Å². The Morgan fingerprint density at radius 3 is 2.53 bits per heavy atom. The minimum absolute atomic E-state index is 0.253. The van der Waals surface area contributed by atoms with E-state index in [1.807, 2.05) is 25.1 Å². The Kier molecular flexibility index (Phi) is 4.26. The predicted molar refractivity (Wildman–Crippen MR) is 66.6 cm³/mol. The highest BCUT2D eigenvalue weighted by atomic mass is 16.5. The van der Waals surface area contributed by atoms with Gasteiger partial charge in [0.25, 0.3) is 0 Å². The maximum atomic E-state index is 11.4. The van der Waals surface area contributed by atoms with Gasteiger partial charge in [-0.25, -0.2) is 4.79 Å². The number of carbonyl (C=O) groups excluding carboxylic acids is 2. The highest BCUT2D eigenvalue weighted by Crippen LogP contribution is 2.26. The van der Waals surface area contributed by atoms with E-state index in [1.54, 1.807) is 19.1 Å². The number of carbonyl (C=O) groups is 2. The van der Waals surface area contributed by atoms with Crippen molar-refractivity contribution >= 4 is 17.9 Å². The van der Waals surface area contributed by atoms with Crippen LogP contribution >= 0.6 is 0 Å². The summed E-state index contributed by atoms with van der Waals surface area (Å²) in [5, 5.41) is 0. The second-order valence-electron chi connectivity index (χ2n) is 4.08. The summed E-state index contributed by atoms with van der Waals surface area (Å²) in [6.45, 7) is 1.80. The molecule has 0 aliphatic carbocycles. The van der Waals surface area contributed by atoms with Gasteiger partial charge in [-0.1, -0.05) is 6.92 Å². The van der Waals surface area contributed by atoms with Crippen molar-refractivity contribution in [2.45, 2.75) is 12.8 Å². The second kappa shape index (κ2) is 5.48. The van der Waals surface area contributed by atoms with E-state index in [9.17, 15) is 9.59 Å². The van der Waals surface area contributed by atoms with Gasteiger partial charge >= 0.3 is 5.97 Å². The van der Waals surface area contributed by atoms with Crippen molar-refractivity contribution in [1.29, 1.82) is 0 Å². The normalized spacial score (nSPS) is 11.8. The molecule has 1 unspecified atom stereocenters. The molecule has 0 saturated heterocycles. The monoisotopic (exact) mass is 235 g/mol. The summed E-state index contributed by atoms with van der Waals surface area (Å²) in [6.07, 6.45) is 0.864. The van der Waals surface area contributed by atoms with Crippen molar-refractivity contribution in [3.05, 3.63) is 29.3 Å². The van der Waals surface area contributed by atoms with Gasteiger partial charge in [-0.2, -0.15) is 0 Å². The molecule has 0 spiro atoms. The third-order valence-corrected chi connectivity index (χ3v) is 2.63. The van der Waals surface area contributed by atoms with Crippen LogP contribution in [0.25, 0.3) is 0 Å². The van der Waals surface area contributed by atoms with Gasteiger partial charge in [0.05, 0.1) is 12.7 Å². The van der Waals surface area contributed by atoms with E-state index >= 15 is 0 Å². The first-order valence-electron chi connectivity index (χ1n) is 5.36. The summed E-state index contributed by atoms with van der Waals surface area (Å²) in [5.74, 6) is -0.647. The molecule has 0 fully saturated rings. The Morgan fingerprint density at radius 1 is 1.41 bits per heavy atom. The number of nitrogens with zero attached hydrogens (tertiary/aromatic N) is 1. The minimum atomic E-state index is -0.394. The van der Waals surface area contributed by atoms with Crippen LogP contribution in [0.4, 0.5) is 5.69 Å². The van der Waals surface area contributed by atoms with Crippen LogP contribution in [0.1, 0.15) is 28.8 Å². The standard InChI is InChI=1S/C13H17NO3/c1-9(8-15)11-7-10(13(16)17-4)5-6-12(11)14(2)3/h5-9H,1-4H3. The van der Waals surface area contributed by atoms with E-state index in [1.165, 1.54) is 7.11 Å². The fourth-order valence-electron chi connectivity index (χ4n) is 1.64. The molecular formula is C13H17NO3. The first-order chi connectivity index (χ1) is 8.01. The summed E-state index contributed by atoms with van der Waals surface area (Å²) in [4.78, 5) is 24.2. The first-order valence-corrected chi connectivity index (χ1v) is 5.36. The van der Waals surface area contributed by atoms with Gasteiger partial charge in [0, 0.05) is 25.7 Å². The van der Waals surface area contributed by atoms with Crippen molar-refractivity contribution in [2.24, 2.45) is 0 Å². The molecule has 0 bridgehead atoms. The molecule has 0 N–H and O–H groups in total. The van der Waals surface area contributed by atoms with Crippen LogP contribution in [-0.2, 0) is 9.53 Å². The summed E-state index contributed by atoms with van der Waals surface area (Å²) in [5.41, 5.74) is 2.21. The SMILES string of the molecule is COC(=O)c1ccc(N(C)C)c(C(C)C=O)c1. The van der Waals surface area contributed by atoms with Crippen LogP contribution in [0.3, 0.4) is 0 Å². The molecule has 1 aromatic carbocycles. The van der Waals surface area contributed by atoms with Gasteiger partial charge in [0.2, 0.25) is 0 Å². The molecule has 0 amide bonds.